The lowest BCUT2D eigenvalue weighted by molar-refractivity contribution is 0.0953. The van der Waals surface area contributed by atoms with Crippen molar-refractivity contribution in [2.75, 3.05) is 12.3 Å². The number of nitrogens with one attached hydrogen (secondary N) is 1. The molecule has 0 saturated heterocycles. The first kappa shape index (κ1) is 14.5. The van der Waals surface area contributed by atoms with Gasteiger partial charge in [-0.15, -0.1) is 11.8 Å². The Morgan fingerprint density at radius 1 is 1.25 bits per heavy atom. The summed E-state index contributed by atoms with van der Waals surface area (Å²) in [6.45, 7) is 2.56. The Morgan fingerprint density at radius 3 is 2.80 bits per heavy atom. The van der Waals surface area contributed by atoms with E-state index in [2.05, 4.69) is 15.3 Å². The topological polar surface area (TPSA) is 54.9 Å². The van der Waals surface area contributed by atoms with Crippen LogP contribution in [0.3, 0.4) is 0 Å². The summed E-state index contributed by atoms with van der Waals surface area (Å²) < 4.78 is 0. The third kappa shape index (κ3) is 4.66. The zero-order valence-electron chi connectivity index (χ0n) is 11.4. The van der Waals surface area contributed by atoms with E-state index in [1.165, 1.54) is 4.90 Å². The van der Waals surface area contributed by atoms with Crippen LogP contribution < -0.4 is 5.32 Å². The van der Waals surface area contributed by atoms with Gasteiger partial charge < -0.3 is 5.32 Å². The minimum atomic E-state index is -0.0376. The van der Waals surface area contributed by atoms with E-state index in [-0.39, 0.29) is 5.91 Å². The number of thioether (sulfide) groups is 1. The number of amides is 1. The molecule has 2 aromatic rings. The normalized spacial score (nSPS) is 10.2. The molecule has 0 aliphatic carbocycles. The Kier molecular flexibility index (Phi) is 5.55. The van der Waals surface area contributed by atoms with Gasteiger partial charge in [0.05, 0.1) is 0 Å². The van der Waals surface area contributed by atoms with Gasteiger partial charge in [-0.3, -0.25) is 14.8 Å². The standard InChI is InChI=1S/C15H17N3OS/c1-12-11-13(3-9-17-12)15(19)18-6-2-10-20-14-4-7-16-8-5-14/h3-5,7-9,11H,2,6,10H2,1H3,(H,18,19). The number of carbonyl (C=O) groups is 1. The molecule has 0 bridgehead atoms. The van der Waals surface area contributed by atoms with Gasteiger partial charge in [-0.1, -0.05) is 0 Å². The summed E-state index contributed by atoms with van der Waals surface area (Å²) in [5.74, 6) is 0.934. The van der Waals surface area contributed by atoms with Crippen molar-refractivity contribution >= 4 is 17.7 Å². The Balaban J connectivity index is 1.67. The molecule has 2 heterocycles. The maximum Gasteiger partial charge on any atom is 0.251 e. The van der Waals surface area contributed by atoms with Crippen LogP contribution >= 0.6 is 11.8 Å². The van der Waals surface area contributed by atoms with Crippen molar-refractivity contribution in [3.05, 3.63) is 54.1 Å². The lowest BCUT2D eigenvalue weighted by Crippen LogP contribution is -2.24. The van der Waals surface area contributed by atoms with Gasteiger partial charge in [0.2, 0.25) is 0 Å². The number of pyridine rings is 2. The van der Waals surface area contributed by atoms with Crippen LogP contribution in [0.4, 0.5) is 0 Å². The summed E-state index contributed by atoms with van der Waals surface area (Å²) >= 11 is 1.77. The summed E-state index contributed by atoms with van der Waals surface area (Å²) in [7, 11) is 0. The van der Waals surface area contributed by atoms with Crippen LogP contribution in [0.25, 0.3) is 0 Å². The largest absolute Gasteiger partial charge is 0.352 e. The van der Waals surface area contributed by atoms with E-state index >= 15 is 0 Å². The van der Waals surface area contributed by atoms with Crippen molar-refractivity contribution in [1.82, 2.24) is 15.3 Å². The van der Waals surface area contributed by atoms with E-state index in [9.17, 15) is 4.79 Å². The van der Waals surface area contributed by atoms with Gasteiger partial charge in [-0.05, 0) is 43.4 Å². The lowest BCUT2D eigenvalue weighted by atomic mass is 10.2. The molecule has 0 atom stereocenters. The maximum absolute atomic E-state index is 11.9. The summed E-state index contributed by atoms with van der Waals surface area (Å²) in [4.78, 5) is 21.1. The van der Waals surface area contributed by atoms with Gasteiger partial charge in [0, 0.05) is 41.3 Å². The lowest BCUT2D eigenvalue weighted by Gasteiger charge is -2.05. The average molecular weight is 287 g/mol. The van der Waals surface area contributed by atoms with Gasteiger partial charge in [-0.2, -0.15) is 0 Å². The van der Waals surface area contributed by atoms with Crippen LogP contribution in [0, 0.1) is 6.92 Å². The van der Waals surface area contributed by atoms with Gasteiger partial charge in [0.25, 0.3) is 5.91 Å². The van der Waals surface area contributed by atoms with Gasteiger partial charge >= 0.3 is 0 Å². The maximum atomic E-state index is 11.9. The molecule has 0 unspecified atom stereocenters. The first-order valence-corrected chi connectivity index (χ1v) is 7.48. The molecule has 2 rings (SSSR count). The smallest absolute Gasteiger partial charge is 0.251 e. The fraction of sp³-hybridized carbons (Fsp3) is 0.267. The molecule has 0 fully saturated rings. The second-order valence-electron chi connectivity index (χ2n) is 4.33. The highest BCUT2D eigenvalue weighted by atomic mass is 32.2. The van der Waals surface area contributed by atoms with E-state index in [1.54, 1.807) is 42.5 Å². The fourth-order valence-corrected chi connectivity index (χ4v) is 2.53. The van der Waals surface area contributed by atoms with Crippen molar-refractivity contribution in [3.8, 4) is 0 Å². The number of carbonyl (C=O) groups excluding carboxylic acids is 1. The number of hydrogen-bond donors (Lipinski definition) is 1. The second kappa shape index (κ2) is 7.65. The van der Waals surface area contributed by atoms with E-state index in [4.69, 9.17) is 0 Å². The number of aromatic nitrogens is 2. The van der Waals surface area contributed by atoms with E-state index < -0.39 is 0 Å². The quantitative estimate of drug-likeness (QED) is 0.655. The molecule has 0 radical (unpaired) electrons. The molecular weight excluding hydrogens is 270 g/mol. The van der Waals surface area contributed by atoms with Crippen LogP contribution in [-0.2, 0) is 0 Å². The zero-order chi connectivity index (χ0) is 14.2. The molecule has 0 aromatic carbocycles. The second-order valence-corrected chi connectivity index (χ2v) is 5.50. The molecule has 4 nitrogen and oxygen atoms in total. The summed E-state index contributed by atoms with van der Waals surface area (Å²) in [5, 5.41) is 2.92. The van der Waals surface area contributed by atoms with Gasteiger partial charge in [-0.25, -0.2) is 0 Å². The monoisotopic (exact) mass is 287 g/mol. The highest BCUT2D eigenvalue weighted by molar-refractivity contribution is 7.99. The minimum Gasteiger partial charge on any atom is -0.352 e. The molecule has 0 aliphatic heterocycles. The Morgan fingerprint density at radius 2 is 2.05 bits per heavy atom. The minimum absolute atomic E-state index is 0.0376. The summed E-state index contributed by atoms with van der Waals surface area (Å²) in [6.07, 6.45) is 6.16. The zero-order valence-corrected chi connectivity index (χ0v) is 12.2. The van der Waals surface area contributed by atoms with Gasteiger partial charge in [0.15, 0.2) is 0 Å². The summed E-state index contributed by atoms with van der Waals surface area (Å²) in [6, 6.07) is 7.50. The van der Waals surface area contributed by atoms with E-state index in [1.807, 2.05) is 19.1 Å². The highest BCUT2D eigenvalue weighted by Crippen LogP contribution is 2.16. The predicted molar refractivity (Wildman–Crippen MR) is 80.9 cm³/mol. The van der Waals surface area contributed by atoms with Crippen molar-refractivity contribution < 1.29 is 4.79 Å². The Hall–Kier alpha value is -1.88. The van der Waals surface area contributed by atoms with Gasteiger partial charge in [0.1, 0.15) is 0 Å². The molecule has 0 aliphatic rings. The first-order chi connectivity index (χ1) is 9.75. The van der Waals surface area contributed by atoms with E-state index in [0.717, 1.165) is 17.9 Å². The van der Waals surface area contributed by atoms with Crippen LogP contribution in [0.5, 0.6) is 0 Å². The van der Waals surface area contributed by atoms with Crippen molar-refractivity contribution in [3.63, 3.8) is 0 Å². The van der Waals surface area contributed by atoms with Crippen LogP contribution in [-0.4, -0.2) is 28.2 Å². The molecule has 1 amide bonds. The average Bonchev–Trinajstić information content (AvgIpc) is 2.48. The van der Waals surface area contributed by atoms with Crippen molar-refractivity contribution in [2.45, 2.75) is 18.2 Å². The SMILES string of the molecule is Cc1cc(C(=O)NCCCSc2ccncc2)ccn1. The first-order valence-electron chi connectivity index (χ1n) is 6.49. The fourth-order valence-electron chi connectivity index (χ4n) is 1.69. The molecule has 0 spiro atoms. The van der Waals surface area contributed by atoms with Crippen LogP contribution in [0.1, 0.15) is 22.5 Å². The highest BCUT2D eigenvalue weighted by Gasteiger charge is 2.04. The van der Waals surface area contributed by atoms with Crippen molar-refractivity contribution in [2.24, 2.45) is 0 Å². The molecule has 5 heteroatoms. The molecule has 20 heavy (non-hydrogen) atoms. The third-order valence-electron chi connectivity index (χ3n) is 2.68. The van der Waals surface area contributed by atoms with Crippen LogP contribution in [0.2, 0.25) is 0 Å². The van der Waals surface area contributed by atoms with E-state index in [0.29, 0.717) is 12.1 Å². The molecule has 0 saturated carbocycles. The number of rotatable bonds is 6. The molecule has 2 aromatic heterocycles. The number of hydrogen-bond acceptors (Lipinski definition) is 4. The molecular formula is C15H17N3OS. The third-order valence-corrected chi connectivity index (χ3v) is 3.78. The van der Waals surface area contributed by atoms with Crippen LogP contribution in [0.15, 0.2) is 47.8 Å². The Bertz CT molecular complexity index is 560. The van der Waals surface area contributed by atoms with Crippen molar-refractivity contribution in [1.29, 1.82) is 0 Å². The molecule has 104 valence electrons. The number of nitrogens with zero attached hydrogens (tertiary/aromatic N) is 2. The predicted octanol–water partition coefficient (Wildman–Crippen LogP) is 2.70. The summed E-state index contributed by atoms with van der Waals surface area (Å²) in [5.41, 5.74) is 1.52. The Labute approximate surface area is 123 Å². The number of aryl methyl sites for hydroxylation is 1. The molecule has 1 N–H and O–H groups in total.